The number of aromatic carboxylic acids is 1. The molecule has 2 N–H and O–H groups in total. The Hall–Kier alpha value is -1.44. The fraction of sp³-hybridized carbons (Fsp3) is 0.333. The molecule has 0 radical (unpaired) electrons. The molecule has 0 saturated carbocycles. The minimum absolute atomic E-state index is 0.0816. The molecule has 19 heavy (non-hydrogen) atoms. The molecule has 6 nitrogen and oxygen atoms in total. The molecule has 0 spiro atoms. The van der Waals surface area contributed by atoms with E-state index in [-0.39, 0.29) is 18.1 Å². The Morgan fingerprint density at radius 2 is 2.11 bits per heavy atom. The third kappa shape index (κ3) is 5.37. The van der Waals surface area contributed by atoms with Crippen LogP contribution >= 0.6 is 15.9 Å². The lowest BCUT2D eigenvalue weighted by Crippen LogP contribution is -2.19. The van der Waals surface area contributed by atoms with Crippen LogP contribution in [0.1, 0.15) is 10.4 Å². The number of halogens is 1. The van der Waals surface area contributed by atoms with Crippen molar-refractivity contribution < 1.29 is 24.2 Å². The largest absolute Gasteiger partial charge is 0.478 e. The van der Waals surface area contributed by atoms with Crippen LogP contribution in [0, 0.1) is 0 Å². The van der Waals surface area contributed by atoms with E-state index in [4.69, 9.17) is 14.6 Å². The molecule has 0 unspecified atom stereocenters. The van der Waals surface area contributed by atoms with Gasteiger partial charge in [0.05, 0.1) is 18.8 Å². The summed E-state index contributed by atoms with van der Waals surface area (Å²) in [4.78, 5) is 22.4. The highest BCUT2D eigenvalue weighted by Gasteiger charge is 2.10. The number of methoxy groups -OCH3 is 1. The number of amides is 1. The van der Waals surface area contributed by atoms with Gasteiger partial charge in [-0.3, -0.25) is 4.79 Å². The predicted octanol–water partition coefficient (Wildman–Crippen LogP) is 1.75. The lowest BCUT2D eigenvalue weighted by atomic mass is 10.2. The second-order valence-corrected chi connectivity index (χ2v) is 4.45. The number of carbonyl (C=O) groups is 2. The second kappa shape index (κ2) is 7.88. The Kier molecular flexibility index (Phi) is 6.48. The van der Waals surface area contributed by atoms with Gasteiger partial charge in [0.2, 0.25) is 5.91 Å². The number of rotatable bonds is 7. The minimum Gasteiger partial charge on any atom is -0.478 e. The topological polar surface area (TPSA) is 84.9 Å². The molecular formula is C12H14BrNO5. The van der Waals surface area contributed by atoms with Gasteiger partial charge in [-0.05, 0) is 34.1 Å². The van der Waals surface area contributed by atoms with Crippen LogP contribution in [-0.2, 0) is 14.3 Å². The average Bonchev–Trinajstić information content (AvgIpc) is 2.36. The Bertz CT molecular complexity index is 463. The van der Waals surface area contributed by atoms with Crippen molar-refractivity contribution in [2.24, 2.45) is 0 Å². The standard InChI is InChI=1S/C12H14BrNO5/c1-18-4-5-19-7-11(15)14-8-2-3-10(13)9(6-8)12(16)17/h2-3,6H,4-5,7H2,1H3,(H,14,15)(H,16,17). The summed E-state index contributed by atoms with van der Waals surface area (Å²) in [5.74, 6) is -1.42. The number of anilines is 1. The molecule has 1 amide bonds. The quantitative estimate of drug-likeness (QED) is 0.743. The highest BCUT2D eigenvalue weighted by molar-refractivity contribution is 9.10. The van der Waals surface area contributed by atoms with Crippen molar-refractivity contribution in [2.75, 3.05) is 32.2 Å². The van der Waals surface area contributed by atoms with Crippen molar-refractivity contribution in [2.45, 2.75) is 0 Å². The van der Waals surface area contributed by atoms with Crippen LogP contribution < -0.4 is 5.32 Å². The monoisotopic (exact) mass is 331 g/mol. The van der Waals surface area contributed by atoms with Crippen LogP contribution in [0.5, 0.6) is 0 Å². The number of nitrogens with one attached hydrogen (secondary N) is 1. The molecule has 0 atom stereocenters. The Labute approximate surface area is 118 Å². The summed E-state index contributed by atoms with van der Waals surface area (Å²) in [5.41, 5.74) is 0.485. The molecule has 0 aliphatic rings. The van der Waals surface area contributed by atoms with Crippen molar-refractivity contribution in [1.29, 1.82) is 0 Å². The molecule has 0 aliphatic carbocycles. The smallest absolute Gasteiger partial charge is 0.336 e. The molecule has 0 fully saturated rings. The summed E-state index contributed by atoms with van der Waals surface area (Å²) >= 11 is 3.12. The summed E-state index contributed by atoms with van der Waals surface area (Å²) in [5, 5.41) is 11.5. The Morgan fingerprint density at radius 3 is 2.74 bits per heavy atom. The fourth-order valence-corrected chi connectivity index (χ4v) is 1.69. The molecule has 104 valence electrons. The number of carbonyl (C=O) groups excluding carboxylic acids is 1. The zero-order chi connectivity index (χ0) is 14.3. The predicted molar refractivity (Wildman–Crippen MR) is 72.4 cm³/mol. The lowest BCUT2D eigenvalue weighted by Gasteiger charge is -2.07. The minimum atomic E-state index is -1.07. The first-order valence-electron chi connectivity index (χ1n) is 5.44. The van der Waals surface area contributed by atoms with E-state index < -0.39 is 5.97 Å². The van der Waals surface area contributed by atoms with Gasteiger partial charge in [-0.2, -0.15) is 0 Å². The summed E-state index contributed by atoms with van der Waals surface area (Å²) in [6.07, 6.45) is 0. The molecular weight excluding hydrogens is 318 g/mol. The molecule has 7 heteroatoms. The van der Waals surface area contributed by atoms with Crippen molar-refractivity contribution in [1.82, 2.24) is 0 Å². The highest BCUT2D eigenvalue weighted by Crippen LogP contribution is 2.21. The van der Waals surface area contributed by atoms with Crippen molar-refractivity contribution in [3.63, 3.8) is 0 Å². The third-order valence-electron chi connectivity index (χ3n) is 2.15. The highest BCUT2D eigenvalue weighted by atomic mass is 79.9. The van der Waals surface area contributed by atoms with Gasteiger partial charge in [-0.15, -0.1) is 0 Å². The van der Waals surface area contributed by atoms with Gasteiger partial charge in [-0.1, -0.05) is 0 Å². The van der Waals surface area contributed by atoms with Gasteiger partial charge in [0.15, 0.2) is 0 Å². The van der Waals surface area contributed by atoms with Gasteiger partial charge in [0, 0.05) is 17.3 Å². The molecule has 1 aromatic rings. The fourth-order valence-electron chi connectivity index (χ4n) is 1.27. The number of carboxylic acids is 1. The van der Waals surface area contributed by atoms with Crippen LogP contribution in [0.4, 0.5) is 5.69 Å². The van der Waals surface area contributed by atoms with Crippen molar-refractivity contribution >= 4 is 33.5 Å². The summed E-state index contributed by atoms with van der Waals surface area (Å²) in [7, 11) is 1.54. The van der Waals surface area contributed by atoms with Crippen molar-refractivity contribution in [3.8, 4) is 0 Å². The summed E-state index contributed by atoms with van der Waals surface area (Å²) in [6.45, 7) is 0.626. The lowest BCUT2D eigenvalue weighted by molar-refractivity contribution is -0.121. The number of hydrogen-bond donors (Lipinski definition) is 2. The Balaban J connectivity index is 2.55. The first-order valence-corrected chi connectivity index (χ1v) is 6.23. The van der Waals surface area contributed by atoms with Crippen molar-refractivity contribution in [3.05, 3.63) is 28.2 Å². The van der Waals surface area contributed by atoms with E-state index in [0.29, 0.717) is 23.4 Å². The summed E-state index contributed by atoms with van der Waals surface area (Å²) in [6, 6.07) is 4.54. The van der Waals surface area contributed by atoms with Gasteiger partial charge in [0.1, 0.15) is 6.61 Å². The van der Waals surface area contributed by atoms with E-state index in [0.717, 1.165) is 0 Å². The van der Waals surface area contributed by atoms with Crippen LogP contribution in [-0.4, -0.2) is 43.9 Å². The van der Waals surface area contributed by atoms with Crippen LogP contribution in [0.25, 0.3) is 0 Å². The molecule has 1 rings (SSSR count). The molecule has 0 saturated heterocycles. The second-order valence-electron chi connectivity index (χ2n) is 3.59. The molecule has 0 bridgehead atoms. The van der Waals surface area contributed by atoms with E-state index in [1.807, 2.05) is 0 Å². The number of carboxylic acid groups (broad SMARTS) is 1. The van der Waals surface area contributed by atoms with Crippen LogP contribution in [0.2, 0.25) is 0 Å². The average molecular weight is 332 g/mol. The maximum absolute atomic E-state index is 11.5. The van der Waals surface area contributed by atoms with Gasteiger partial charge in [-0.25, -0.2) is 4.79 Å². The normalized spacial score (nSPS) is 10.2. The molecule has 0 heterocycles. The first-order chi connectivity index (χ1) is 9.04. The molecule has 1 aromatic carbocycles. The van der Waals surface area contributed by atoms with Gasteiger partial charge >= 0.3 is 5.97 Å². The van der Waals surface area contributed by atoms with E-state index in [1.54, 1.807) is 19.2 Å². The zero-order valence-electron chi connectivity index (χ0n) is 10.3. The van der Waals surface area contributed by atoms with Crippen LogP contribution in [0.3, 0.4) is 0 Å². The maximum atomic E-state index is 11.5. The van der Waals surface area contributed by atoms with Crippen LogP contribution in [0.15, 0.2) is 22.7 Å². The third-order valence-corrected chi connectivity index (χ3v) is 2.84. The first kappa shape index (κ1) is 15.6. The SMILES string of the molecule is COCCOCC(=O)Nc1ccc(Br)c(C(=O)O)c1. The number of benzene rings is 1. The van der Waals surface area contributed by atoms with E-state index >= 15 is 0 Å². The van der Waals surface area contributed by atoms with E-state index in [2.05, 4.69) is 21.2 Å². The van der Waals surface area contributed by atoms with Gasteiger partial charge < -0.3 is 19.9 Å². The van der Waals surface area contributed by atoms with E-state index in [1.165, 1.54) is 6.07 Å². The maximum Gasteiger partial charge on any atom is 0.336 e. The molecule has 0 aromatic heterocycles. The number of hydrogen-bond acceptors (Lipinski definition) is 4. The Morgan fingerprint density at radius 1 is 1.37 bits per heavy atom. The summed E-state index contributed by atoms with van der Waals surface area (Å²) < 4.78 is 10.3. The van der Waals surface area contributed by atoms with Gasteiger partial charge in [0.25, 0.3) is 0 Å². The van der Waals surface area contributed by atoms with E-state index in [9.17, 15) is 9.59 Å². The molecule has 0 aliphatic heterocycles. The zero-order valence-corrected chi connectivity index (χ0v) is 11.9. The number of ether oxygens (including phenoxy) is 2.